The minimum absolute atomic E-state index is 0.0971. The number of thioether (sulfide) groups is 1. The van der Waals surface area contributed by atoms with E-state index in [0.29, 0.717) is 11.2 Å². The summed E-state index contributed by atoms with van der Waals surface area (Å²) in [4.78, 5) is 3.89. The first-order chi connectivity index (χ1) is 28.0. The topological polar surface area (TPSA) is 3.24 Å². The Morgan fingerprint density at radius 2 is 1.04 bits per heavy atom. The second kappa shape index (κ2) is 13.4. The molecule has 272 valence electrons. The molecule has 0 saturated carbocycles. The first-order valence-corrected chi connectivity index (χ1v) is 20.9. The molecule has 1 nitrogen and oxygen atoms in total. The molecular formula is C55H41NS. The van der Waals surface area contributed by atoms with Crippen LogP contribution in [0.3, 0.4) is 0 Å². The van der Waals surface area contributed by atoms with Crippen LogP contribution in [0.15, 0.2) is 205 Å². The van der Waals surface area contributed by atoms with Crippen LogP contribution in [0.2, 0.25) is 0 Å². The zero-order valence-corrected chi connectivity index (χ0v) is 32.9. The fraction of sp³-hybridized carbons (Fsp3) is 0.0909. The van der Waals surface area contributed by atoms with Crippen molar-refractivity contribution in [2.45, 2.75) is 35.3 Å². The van der Waals surface area contributed by atoms with Crippen molar-refractivity contribution in [2.75, 3.05) is 4.90 Å². The Morgan fingerprint density at radius 1 is 0.474 bits per heavy atom. The first kappa shape index (κ1) is 33.9. The molecule has 2 aliphatic carbocycles. The lowest BCUT2D eigenvalue weighted by Gasteiger charge is -2.28. The largest absolute Gasteiger partial charge is 0.310 e. The Kier molecular flexibility index (Phi) is 7.98. The van der Waals surface area contributed by atoms with E-state index in [2.05, 4.69) is 219 Å². The molecule has 2 unspecified atom stereocenters. The van der Waals surface area contributed by atoms with Crippen molar-refractivity contribution < 1.29 is 0 Å². The van der Waals surface area contributed by atoms with Crippen LogP contribution in [-0.4, -0.2) is 5.25 Å². The number of anilines is 3. The van der Waals surface area contributed by atoms with Gasteiger partial charge in [-0.2, -0.15) is 0 Å². The van der Waals surface area contributed by atoms with Gasteiger partial charge in [-0.05, 0) is 103 Å². The van der Waals surface area contributed by atoms with Gasteiger partial charge in [0.05, 0.1) is 5.69 Å². The summed E-state index contributed by atoms with van der Waals surface area (Å²) in [6, 6.07) is 64.9. The lowest BCUT2D eigenvalue weighted by atomic mass is 9.80. The van der Waals surface area contributed by atoms with Gasteiger partial charge >= 0.3 is 0 Å². The van der Waals surface area contributed by atoms with Gasteiger partial charge in [0.2, 0.25) is 0 Å². The number of rotatable bonds is 6. The van der Waals surface area contributed by atoms with Crippen molar-refractivity contribution in [3.05, 3.63) is 217 Å². The quantitative estimate of drug-likeness (QED) is 0.167. The third kappa shape index (κ3) is 5.54. The third-order valence-corrected chi connectivity index (χ3v) is 13.8. The lowest BCUT2D eigenvalue weighted by Crippen LogP contribution is -2.15. The van der Waals surface area contributed by atoms with E-state index in [1.165, 1.54) is 76.9 Å². The molecule has 0 bridgehead atoms. The zero-order valence-electron chi connectivity index (χ0n) is 32.1. The maximum Gasteiger partial charge on any atom is 0.0540 e. The predicted octanol–water partition coefficient (Wildman–Crippen LogP) is 15.3. The number of benzene rings is 8. The maximum absolute atomic E-state index is 2.48. The summed E-state index contributed by atoms with van der Waals surface area (Å²) in [5.41, 5.74) is 17.8. The Balaban J connectivity index is 1.03. The second-order valence-electron chi connectivity index (χ2n) is 16.0. The van der Waals surface area contributed by atoms with Crippen molar-refractivity contribution in [1.29, 1.82) is 0 Å². The van der Waals surface area contributed by atoms with E-state index in [0.717, 1.165) is 17.1 Å². The van der Waals surface area contributed by atoms with Gasteiger partial charge in [-0.1, -0.05) is 178 Å². The number of hydrogen-bond donors (Lipinski definition) is 0. The molecule has 3 aliphatic rings. The smallest absolute Gasteiger partial charge is 0.0540 e. The van der Waals surface area contributed by atoms with Crippen LogP contribution in [-0.2, 0) is 5.41 Å². The van der Waals surface area contributed by atoms with Crippen molar-refractivity contribution in [3.63, 3.8) is 0 Å². The van der Waals surface area contributed by atoms with Crippen molar-refractivity contribution >= 4 is 39.6 Å². The van der Waals surface area contributed by atoms with Crippen molar-refractivity contribution in [1.82, 2.24) is 0 Å². The van der Waals surface area contributed by atoms with E-state index in [-0.39, 0.29) is 5.41 Å². The van der Waals surface area contributed by atoms with Gasteiger partial charge in [0.15, 0.2) is 0 Å². The van der Waals surface area contributed by atoms with E-state index in [9.17, 15) is 0 Å². The molecule has 57 heavy (non-hydrogen) atoms. The highest BCUT2D eigenvalue weighted by atomic mass is 32.2. The van der Waals surface area contributed by atoms with Gasteiger partial charge in [-0.3, -0.25) is 0 Å². The molecule has 11 rings (SSSR count). The Labute approximate surface area is 339 Å². The molecule has 2 heteroatoms. The number of hydrogen-bond acceptors (Lipinski definition) is 2. The molecule has 0 saturated heterocycles. The molecule has 0 aromatic heterocycles. The maximum atomic E-state index is 2.48. The van der Waals surface area contributed by atoms with Crippen LogP contribution in [0, 0.1) is 0 Å². The van der Waals surface area contributed by atoms with E-state index >= 15 is 0 Å². The Morgan fingerprint density at radius 3 is 1.70 bits per heavy atom. The summed E-state index contributed by atoms with van der Waals surface area (Å²) < 4.78 is 0. The van der Waals surface area contributed by atoms with Crippen LogP contribution in [0.5, 0.6) is 0 Å². The molecule has 1 aliphatic heterocycles. The molecule has 8 aromatic carbocycles. The summed E-state index contributed by atoms with van der Waals surface area (Å²) in [5, 5.41) is 2.94. The highest BCUT2D eigenvalue weighted by molar-refractivity contribution is 8.00. The summed E-state index contributed by atoms with van der Waals surface area (Å²) in [6.07, 6.45) is 9.19. The molecule has 1 heterocycles. The van der Waals surface area contributed by atoms with Gasteiger partial charge in [0.25, 0.3) is 0 Å². The molecule has 0 fully saturated rings. The summed E-state index contributed by atoms with van der Waals surface area (Å²) in [6.45, 7) is 4.82. The van der Waals surface area contributed by atoms with Gasteiger partial charge < -0.3 is 4.90 Å². The molecule has 0 amide bonds. The molecule has 2 atom stereocenters. The van der Waals surface area contributed by atoms with Crippen LogP contribution < -0.4 is 4.90 Å². The average molecular weight is 748 g/mol. The fourth-order valence-corrected chi connectivity index (χ4v) is 11.0. The average Bonchev–Trinajstić information content (AvgIpc) is 3.76. The minimum Gasteiger partial charge on any atom is -0.310 e. The van der Waals surface area contributed by atoms with Crippen LogP contribution in [0.25, 0.3) is 55.3 Å². The van der Waals surface area contributed by atoms with Crippen molar-refractivity contribution in [2.24, 2.45) is 0 Å². The zero-order chi connectivity index (χ0) is 38.1. The van der Waals surface area contributed by atoms with Gasteiger partial charge in [0, 0.05) is 38.2 Å². The minimum atomic E-state index is -0.0971. The normalized spacial score (nSPS) is 16.9. The summed E-state index contributed by atoms with van der Waals surface area (Å²) in [7, 11) is 0. The molecule has 0 radical (unpaired) electrons. The van der Waals surface area contributed by atoms with Gasteiger partial charge in [0.1, 0.15) is 0 Å². The summed E-state index contributed by atoms with van der Waals surface area (Å²) >= 11 is 2.05. The summed E-state index contributed by atoms with van der Waals surface area (Å²) in [5.74, 6) is 0.458. The van der Waals surface area contributed by atoms with E-state index in [1.807, 2.05) is 11.8 Å². The molecule has 0 spiro atoms. The van der Waals surface area contributed by atoms with Gasteiger partial charge in [-0.25, -0.2) is 0 Å². The Bertz CT molecular complexity index is 2800. The third-order valence-electron chi connectivity index (χ3n) is 12.4. The number of nitrogens with zero attached hydrogens (tertiary/aromatic N) is 1. The lowest BCUT2D eigenvalue weighted by molar-refractivity contribution is 0.659. The standard InChI is InChI=1S/C55H41NS/c1-55(2)49-33-31-47-46-19-11-12-20-52(46)57-54(47)53(49)48-30-25-40(35-50(48)55)43-32-34-51(45-18-10-9-17-44(43)45)56(41-26-21-38(22-27-41)36-13-5-3-6-14-36)42-28-23-39(24-29-42)37-15-7-4-8-16-37/h3-35,46,52H,1-2H3. The monoisotopic (exact) mass is 747 g/mol. The SMILES string of the molecule is CC1(C)c2cc(-c3ccc(N(c4ccc(-c5ccccc5)cc4)c4ccc(-c5ccccc5)cc4)c4ccccc34)ccc2-c2c1ccc1c2SC2C=CC=CC12. The van der Waals surface area contributed by atoms with Gasteiger partial charge in [-0.15, -0.1) is 11.8 Å². The van der Waals surface area contributed by atoms with Crippen LogP contribution >= 0.6 is 11.8 Å². The van der Waals surface area contributed by atoms with Crippen molar-refractivity contribution in [3.8, 4) is 44.5 Å². The van der Waals surface area contributed by atoms with Crippen LogP contribution in [0.4, 0.5) is 17.1 Å². The van der Waals surface area contributed by atoms with E-state index in [4.69, 9.17) is 0 Å². The van der Waals surface area contributed by atoms with E-state index < -0.39 is 0 Å². The predicted molar refractivity (Wildman–Crippen MR) is 243 cm³/mol. The van der Waals surface area contributed by atoms with E-state index in [1.54, 1.807) is 0 Å². The molecule has 8 aromatic rings. The number of fused-ring (bicyclic) bond motifs is 8. The van der Waals surface area contributed by atoms with Crippen LogP contribution in [0.1, 0.15) is 36.5 Å². The highest BCUT2D eigenvalue weighted by Crippen LogP contribution is 2.59. The Hall–Kier alpha value is -6.35. The highest BCUT2D eigenvalue weighted by Gasteiger charge is 2.42. The first-order valence-electron chi connectivity index (χ1n) is 20.0. The fourth-order valence-electron chi connectivity index (χ4n) is 9.51. The second-order valence-corrected chi connectivity index (χ2v) is 17.2. The number of allylic oxidation sites excluding steroid dienone is 3. The molecular weight excluding hydrogens is 707 g/mol. The molecule has 0 N–H and O–H groups in total.